The first-order valence-corrected chi connectivity index (χ1v) is 13.0. The number of hydrogen-bond acceptors (Lipinski definition) is 5. The van der Waals surface area contributed by atoms with Gasteiger partial charge in [-0.2, -0.15) is 0 Å². The van der Waals surface area contributed by atoms with Gasteiger partial charge in [-0.3, -0.25) is 9.10 Å². The molecule has 0 aliphatic rings. The largest absolute Gasteiger partial charge is 0.494 e. The molecule has 1 aromatic heterocycles. The highest BCUT2D eigenvalue weighted by Crippen LogP contribution is 2.25. The summed E-state index contributed by atoms with van der Waals surface area (Å²) in [5.74, 6) is 0.166. The van der Waals surface area contributed by atoms with Crippen LogP contribution in [0.1, 0.15) is 18.1 Å². The van der Waals surface area contributed by atoms with Crippen molar-refractivity contribution in [3.05, 3.63) is 103 Å². The van der Waals surface area contributed by atoms with E-state index in [4.69, 9.17) is 4.74 Å². The van der Waals surface area contributed by atoms with E-state index in [-0.39, 0.29) is 18.0 Å². The minimum absolute atomic E-state index is 0.0782. The fraction of sp³-hybridized carbons (Fsp3) is 0.185. The molecule has 9 heteroatoms. The van der Waals surface area contributed by atoms with E-state index >= 15 is 0 Å². The minimum Gasteiger partial charge on any atom is -0.494 e. The molecule has 0 saturated carbocycles. The zero-order valence-corrected chi connectivity index (χ0v) is 21.0. The number of aryl methyl sites for hydroxylation is 1. The Morgan fingerprint density at radius 3 is 2.31 bits per heavy atom. The fourth-order valence-electron chi connectivity index (χ4n) is 3.61. The van der Waals surface area contributed by atoms with E-state index in [1.54, 1.807) is 36.8 Å². The molecule has 8 nitrogen and oxygen atoms in total. The summed E-state index contributed by atoms with van der Waals surface area (Å²) in [5, 5.41) is 2.83. The van der Waals surface area contributed by atoms with Gasteiger partial charge in [0.25, 0.3) is 10.0 Å². The third-order valence-electron chi connectivity index (χ3n) is 5.56. The van der Waals surface area contributed by atoms with Gasteiger partial charge in [-0.05, 0) is 67.9 Å². The Morgan fingerprint density at radius 2 is 1.69 bits per heavy atom. The van der Waals surface area contributed by atoms with E-state index < -0.39 is 15.9 Å². The lowest BCUT2D eigenvalue weighted by atomic mass is 10.2. The van der Waals surface area contributed by atoms with E-state index in [9.17, 15) is 13.2 Å². The predicted molar refractivity (Wildman–Crippen MR) is 139 cm³/mol. The number of amides is 1. The van der Waals surface area contributed by atoms with Gasteiger partial charge >= 0.3 is 0 Å². The molecule has 0 aliphatic heterocycles. The lowest BCUT2D eigenvalue weighted by Crippen LogP contribution is -2.40. The van der Waals surface area contributed by atoms with Crippen molar-refractivity contribution in [2.45, 2.75) is 25.3 Å². The third-order valence-corrected chi connectivity index (χ3v) is 7.35. The summed E-state index contributed by atoms with van der Waals surface area (Å²) in [7, 11) is -4.00. The van der Waals surface area contributed by atoms with Crippen molar-refractivity contribution in [2.24, 2.45) is 0 Å². The summed E-state index contributed by atoms with van der Waals surface area (Å²) < 4.78 is 35.5. The molecule has 0 bridgehead atoms. The van der Waals surface area contributed by atoms with Gasteiger partial charge in [0.15, 0.2) is 0 Å². The Bertz CT molecular complexity index is 1380. The van der Waals surface area contributed by atoms with Crippen LogP contribution in [0.3, 0.4) is 0 Å². The number of carbonyl (C=O) groups excluding carboxylic acids is 1. The summed E-state index contributed by atoms with van der Waals surface area (Å²) in [6.45, 7) is 4.17. The normalized spacial score (nSPS) is 11.2. The van der Waals surface area contributed by atoms with Crippen LogP contribution in [0.5, 0.6) is 5.75 Å². The summed E-state index contributed by atoms with van der Waals surface area (Å²) >= 11 is 0. The van der Waals surface area contributed by atoms with E-state index in [0.29, 0.717) is 18.0 Å². The van der Waals surface area contributed by atoms with Gasteiger partial charge in [-0.1, -0.05) is 29.8 Å². The van der Waals surface area contributed by atoms with E-state index in [0.717, 1.165) is 21.1 Å². The SMILES string of the molecule is CCOc1ccc(S(=O)(=O)N(CC(=O)NCc2ccc(-n3ccnc3)cc2)c2ccc(C)cc2)cc1. The zero-order chi connectivity index (χ0) is 25.5. The van der Waals surface area contributed by atoms with Crippen LogP contribution >= 0.6 is 0 Å². The molecule has 0 unspecified atom stereocenters. The molecule has 0 radical (unpaired) electrons. The Morgan fingerprint density at radius 1 is 1.00 bits per heavy atom. The highest BCUT2D eigenvalue weighted by Gasteiger charge is 2.27. The number of sulfonamides is 1. The molecule has 186 valence electrons. The smallest absolute Gasteiger partial charge is 0.264 e. The van der Waals surface area contributed by atoms with Crippen molar-refractivity contribution >= 4 is 21.6 Å². The summed E-state index contributed by atoms with van der Waals surface area (Å²) in [6, 6.07) is 20.9. The molecular weight excluding hydrogens is 476 g/mol. The van der Waals surface area contributed by atoms with Crippen molar-refractivity contribution in [2.75, 3.05) is 17.5 Å². The van der Waals surface area contributed by atoms with Gasteiger partial charge in [-0.15, -0.1) is 0 Å². The zero-order valence-electron chi connectivity index (χ0n) is 20.2. The number of hydrogen-bond donors (Lipinski definition) is 1. The topological polar surface area (TPSA) is 93.5 Å². The maximum absolute atomic E-state index is 13.5. The van der Waals surface area contributed by atoms with Gasteiger partial charge in [0.2, 0.25) is 5.91 Å². The molecule has 0 aliphatic carbocycles. The molecule has 1 N–H and O–H groups in total. The highest BCUT2D eigenvalue weighted by molar-refractivity contribution is 7.92. The number of benzene rings is 3. The van der Waals surface area contributed by atoms with Crippen molar-refractivity contribution in [3.8, 4) is 11.4 Å². The van der Waals surface area contributed by atoms with Crippen LogP contribution in [0.25, 0.3) is 5.69 Å². The monoisotopic (exact) mass is 504 g/mol. The van der Waals surface area contributed by atoms with Crippen molar-refractivity contribution in [3.63, 3.8) is 0 Å². The number of rotatable bonds is 10. The van der Waals surface area contributed by atoms with Gasteiger partial charge in [0.1, 0.15) is 12.3 Å². The van der Waals surface area contributed by atoms with E-state index in [2.05, 4.69) is 10.3 Å². The molecular formula is C27H28N4O4S. The number of nitrogens with one attached hydrogen (secondary N) is 1. The number of anilines is 1. The number of carbonyl (C=O) groups is 1. The number of nitrogens with zero attached hydrogens (tertiary/aromatic N) is 3. The molecule has 4 rings (SSSR count). The van der Waals surface area contributed by atoms with Gasteiger partial charge in [0, 0.05) is 24.6 Å². The maximum Gasteiger partial charge on any atom is 0.264 e. The molecule has 0 saturated heterocycles. The Hall–Kier alpha value is -4.11. The number of aromatic nitrogens is 2. The molecule has 1 amide bonds. The standard InChI is InChI=1S/C27H28N4O4S/c1-3-35-25-12-14-26(15-13-25)36(33,34)31(24-8-4-21(2)5-9-24)19-27(32)29-18-22-6-10-23(11-7-22)30-17-16-28-20-30/h4-17,20H,3,18-19H2,1-2H3,(H,29,32). The molecule has 3 aromatic carbocycles. The van der Waals surface area contributed by atoms with Crippen LogP contribution in [0.4, 0.5) is 5.69 Å². The second-order valence-electron chi connectivity index (χ2n) is 8.16. The Kier molecular flexibility index (Phi) is 7.70. The molecule has 1 heterocycles. The average molecular weight is 505 g/mol. The summed E-state index contributed by atoms with van der Waals surface area (Å²) in [4.78, 5) is 17.0. The quantitative estimate of drug-likeness (QED) is 0.351. The molecule has 0 spiro atoms. The third kappa shape index (κ3) is 5.92. The summed E-state index contributed by atoms with van der Waals surface area (Å²) in [6.07, 6.45) is 5.26. The number of ether oxygens (including phenoxy) is 1. The van der Waals surface area contributed by atoms with Crippen LogP contribution in [-0.2, 0) is 21.4 Å². The van der Waals surface area contributed by atoms with Crippen molar-refractivity contribution in [1.82, 2.24) is 14.9 Å². The van der Waals surface area contributed by atoms with Crippen LogP contribution in [-0.4, -0.2) is 37.0 Å². The first kappa shape index (κ1) is 25.0. The second kappa shape index (κ2) is 11.1. The minimum atomic E-state index is -4.00. The lowest BCUT2D eigenvalue weighted by Gasteiger charge is -2.24. The molecule has 0 fully saturated rings. The fourth-order valence-corrected chi connectivity index (χ4v) is 5.03. The maximum atomic E-state index is 13.5. The van der Waals surface area contributed by atoms with Crippen LogP contribution in [0.15, 0.2) is 96.4 Å². The molecule has 36 heavy (non-hydrogen) atoms. The summed E-state index contributed by atoms with van der Waals surface area (Å²) in [5.41, 5.74) is 3.24. The van der Waals surface area contributed by atoms with E-state index in [1.807, 2.05) is 61.0 Å². The van der Waals surface area contributed by atoms with E-state index in [1.165, 1.54) is 12.1 Å². The van der Waals surface area contributed by atoms with Crippen molar-refractivity contribution in [1.29, 1.82) is 0 Å². The molecule has 4 aromatic rings. The Balaban J connectivity index is 1.50. The first-order chi connectivity index (χ1) is 17.4. The predicted octanol–water partition coefficient (Wildman–Crippen LogP) is 4.09. The van der Waals surface area contributed by atoms with Crippen LogP contribution in [0.2, 0.25) is 0 Å². The average Bonchev–Trinajstić information content (AvgIpc) is 3.43. The van der Waals surface area contributed by atoms with Crippen LogP contribution < -0.4 is 14.4 Å². The van der Waals surface area contributed by atoms with Gasteiger partial charge in [-0.25, -0.2) is 13.4 Å². The highest BCUT2D eigenvalue weighted by atomic mass is 32.2. The second-order valence-corrected chi connectivity index (χ2v) is 10.0. The van der Waals surface area contributed by atoms with Crippen LogP contribution in [0, 0.1) is 6.92 Å². The van der Waals surface area contributed by atoms with Crippen molar-refractivity contribution < 1.29 is 17.9 Å². The van der Waals surface area contributed by atoms with Gasteiger partial charge in [0.05, 0.1) is 23.5 Å². The lowest BCUT2D eigenvalue weighted by molar-refractivity contribution is -0.119. The van der Waals surface area contributed by atoms with Gasteiger partial charge < -0.3 is 14.6 Å². The molecule has 0 atom stereocenters. The first-order valence-electron chi connectivity index (χ1n) is 11.5. The number of imidazole rings is 1. The Labute approximate surface area is 211 Å².